The van der Waals surface area contributed by atoms with Crippen molar-refractivity contribution in [2.45, 2.75) is 6.61 Å². The summed E-state index contributed by atoms with van der Waals surface area (Å²) in [7, 11) is 1.56. The molecule has 0 atom stereocenters. The average Bonchev–Trinajstić information content (AvgIpc) is 2.60. The van der Waals surface area contributed by atoms with Gasteiger partial charge in [0.05, 0.1) is 26.8 Å². The van der Waals surface area contributed by atoms with Gasteiger partial charge in [-0.1, -0.05) is 6.07 Å². The van der Waals surface area contributed by atoms with Crippen molar-refractivity contribution in [3.05, 3.63) is 53.1 Å². The van der Waals surface area contributed by atoms with Crippen LogP contribution in [-0.2, 0) is 23.7 Å². The van der Waals surface area contributed by atoms with Crippen LogP contribution in [0, 0.1) is 0 Å². The Morgan fingerprint density at radius 1 is 0.920 bits per heavy atom. The fraction of sp³-hybridized carbons (Fsp3) is 0.222. The van der Waals surface area contributed by atoms with Gasteiger partial charge in [-0.05, 0) is 35.9 Å². The topological polar surface area (TPSA) is 94.6 Å². The third-order valence-corrected chi connectivity index (χ3v) is 3.33. The number of phenolic OH excluding ortho intramolecular Hbond substituents is 2. The smallest absolute Gasteiger partial charge is 0.124 e. The Balaban J connectivity index is 0.00000312. The van der Waals surface area contributed by atoms with Crippen LogP contribution in [0.25, 0.3) is 0 Å². The van der Waals surface area contributed by atoms with Crippen LogP contribution < -0.4 is 4.74 Å². The molecule has 0 amide bonds. The molecule has 0 aliphatic rings. The normalized spacial score (nSPS) is 11.0. The van der Waals surface area contributed by atoms with E-state index in [1.54, 1.807) is 49.9 Å². The van der Waals surface area contributed by atoms with E-state index in [0.717, 1.165) is 0 Å². The van der Waals surface area contributed by atoms with E-state index >= 15 is 0 Å². The first-order valence-corrected chi connectivity index (χ1v) is 7.43. The molecule has 2 rings (SSSR count). The Labute approximate surface area is 157 Å². The number of hydrogen-bond acceptors (Lipinski definition) is 6. The summed E-state index contributed by atoms with van der Waals surface area (Å²) < 4.78 is 5.10. The summed E-state index contributed by atoms with van der Waals surface area (Å²) in [5.74, 6) is 0.890. The number of aliphatic hydroxyl groups is 1. The molecule has 0 spiro atoms. The number of benzene rings is 2. The number of hydrogen-bond donors (Lipinski definition) is 3. The van der Waals surface area contributed by atoms with Gasteiger partial charge in [0.15, 0.2) is 0 Å². The van der Waals surface area contributed by atoms with Crippen molar-refractivity contribution in [3.8, 4) is 17.2 Å². The maximum Gasteiger partial charge on any atom is 0.124 e. The molecule has 7 heteroatoms. The van der Waals surface area contributed by atoms with Gasteiger partial charge in [0.2, 0.25) is 0 Å². The van der Waals surface area contributed by atoms with Gasteiger partial charge in [-0.3, -0.25) is 9.98 Å². The predicted octanol–water partition coefficient (Wildman–Crippen LogP) is 2.13. The Morgan fingerprint density at radius 3 is 2.04 bits per heavy atom. The van der Waals surface area contributed by atoms with Crippen molar-refractivity contribution in [2.24, 2.45) is 9.98 Å². The van der Waals surface area contributed by atoms with Gasteiger partial charge in [0.25, 0.3) is 0 Å². The van der Waals surface area contributed by atoms with Crippen LogP contribution in [0.2, 0.25) is 0 Å². The number of methoxy groups -OCH3 is 1. The molecule has 0 radical (unpaired) electrons. The zero-order valence-electron chi connectivity index (χ0n) is 13.7. The second kappa shape index (κ2) is 10.5. The van der Waals surface area contributed by atoms with Gasteiger partial charge in [0.1, 0.15) is 17.2 Å². The quantitative estimate of drug-likeness (QED) is 0.387. The molecule has 25 heavy (non-hydrogen) atoms. The van der Waals surface area contributed by atoms with E-state index in [-0.39, 0.29) is 35.2 Å². The van der Waals surface area contributed by atoms with Crippen molar-refractivity contribution in [1.82, 2.24) is 0 Å². The second-order valence-electron chi connectivity index (χ2n) is 5.05. The van der Waals surface area contributed by atoms with E-state index in [2.05, 4.69) is 9.98 Å². The summed E-state index contributed by atoms with van der Waals surface area (Å²) in [6.07, 6.45) is 3.12. The number of aromatic hydroxyl groups is 2. The van der Waals surface area contributed by atoms with E-state index in [9.17, 15) is 10.2 Å². The molecule has 0 aliphatic carbocycles. The standard InChI is InChI=1S/C18H20N2O4.Fe/c1-24-16-3-5-18(23)15(9-16)11-20-7-6-19-10-14-8-13(12-21)2-4-17(14)22;/h2-5,8-11,21-23H,6-7,12H2,1H3;. The SMILES string of the molecule is COc1ccc(O)c(C=NCCN=Cc2cc(CO)ccc2O)c1.[Fe]. The average molecular weight is 384 g/mol. The fourth-order valence-electron chi connectivity index (χ4n) is 2.01. The summed E-state index contributed by atoms with van der Waals surface area (Å²) >= 11 is 0. The van der Waals surface area contributed by atoms with Crippen molar-refractivity contribution >= 4 is 12.4 Å². The molecule has 0 fully saturated rings. The third kappa shape index (κ3) is 6.23. The monoisotopic (exact) mass is 384 g/mol. The number of phenols is 2. The number of rotatable bonds is 7. The molecular formula is C18H20FeN2O4. The summed E-state index contributed by atoms with van der Waals surface area (Å²) in [4.78, 5) is 8.41. The van der Waals surface area contributed by atoms with Crippen LogP contribution in [0.3, 0.4) is 0 Å². The summed E-state index contributed by atoms with van der Waals surface area (Å²) in [6.45, 7) is 0.785. The first-order chi connectivity index (χ1) is 11.6. The number of aliphatic imine (C=N–C) groups is 2. The molecule has 0 saturated carbocycles. The minimum Gasteiger partial charge on any atom is -0.507 e. The van der Waals surface area contributed by atoms with Crippen LogP contribution in [0.5, 0.6) is 17.2 Å². The van der Waals surface area contributed by atoms with Gasteiger partial charge in [-0.25, -0.2) is 0 Å². The van der Waals surface area contributed by atoms with E-state index in [0.29, 0.717) is 35.5 Å². The van der Waals surface area contributed by atoms with E-state index < -0.39 is 0 Å². The summed E-state index contributed by atoms with van der Waals surface area (Å²) in [5, 5.41) is 28.5. The molecule has 0 saturated heterocycles. The molecule has 0 aliphatic heterocycles. The van der Waals surface area contributed by atoms with Crippen molar-refractivity contribution in [2.75, 3.05) is 20.2 Å². The van der Waals surface area contributed by atoms with Crippen molar-refractivity contribution < 1.29 is 37.1 Å². The molecule has 3 N–H and O–H groups in total. The first kappa shape index (κ1) is 20.7. The van der Waals surface area contributed by atoms with E-state index in [4.69, 9.17) is 9.84 Å². The zero-order chi connectivity index (χ0) is 17.4. The Kier molecular flexibility index (Phi) is 8.70. The molecule has 2 aromatic rings. The van der Waals surface area contributed by atoms with Crippen LogP contribution in [-0.4, -0.2) is 47.9 Å². The van der Waals surface area contributed by atoms with Crippen LogP contribution in [0.15, 0.2) is 46.4 Å². The third-order valence-electron chi connectivity index (χ3n) is 3.33. The summed E-state index contributed by atoms with van der Waals surface area (Å²) in [6, 6.07) is 9.77. The molecular weight excluding hydrogens is 364 g/mol. The van der Waals surface area contributed by atoms with Crippen LogP contribution in [0.4, 0.5) is 0 Å². The fourth-order valence-corrected chi connectivity index (χ4v) is 2.01. The molecule has 2 aromatic carbocycles. The van der Waals surface area contributed by atoms with Crippen LogP contribution in [0.1, 0.15) is 16.7 Å². The molecule has 134 valence electrons. The minimum atomic E-state index is -0.0879. The van der Waals surface area contributed by atoms with Gasteiger partial charge in [0, 0.05) is 40.6 Å². The number of nitrogens with zero attached hydrogens (tertiary/aromatic N) is 2. The maximum absolute atomic E-state index is 9.74. The second-order valence-corrected chi connectivity index (χ2v) is 5.05. The van der Waals surface area contributed by atoms with Gasteiger partial charge >= 0.3 is 0 Å². The minimum absolute atomic E-state index is 0. The Morgan fingerprint density at radius 2 is 1.48 bits per heavy atom. The summed E-state index contributed by atoms with van der Waals surface area (Å²) in [5.41, 5.74) is 1.84. The van der Waals surface area contributed by atoms with E-state index in [1.807, 2.05) is 0 Å². The Bertz CT molecular complexity index is 684. The molecule has 0 unspecified atom stereocenters. The van der Waals surface area contributed by atoms with E-state index in [1.165, 1.54) is 6.07 Å². The maximum atomic E-state index is 9.74. The molecule has 6 nitrogen and oxygen atoms in total. The molecule has 0 heterocycles. The zero-order valence-corrected chi connectivity index (χ0v) is 14.8. The molecule has 0 bridgehead atoms. The predicted molar refractivity (Wildman–Crippen MR) is 93.6 cm³/mol. The first-order valence-electron chi connectivity index (χ1n) is 7.43. The number of ether oxygens (including phenoxy) is 1. The van der Waals surface area contributed by atoms with Crippen molar-refractivity contribution in [1.29, 1.82) is 0 Å². The van der Waals surface area contributed by atoms with Gasteiger partial charge in [-0.15, -0.1) is 0 Å². The van der Waals surface area contributed by atoms with Crippen LogP contribution >= 0.6 is 0 Å². The molecule has 0 aromatic heterocycles. The number of aliphatic hydroxyl groups excluding tert-OH is 1. The Hall–Kier alpha value is -2.34. The van der Waals surface area contributed by atoms with Crippen molar-refractivity contribution in [3.63, 3.8) is 0 Å². The van der Waals surface area contributed by atoms with Gasteiger partial charge in [-0.2, -0.15) is 0 Å². The van der Waals surface area contributed by atoms with Gasteiger partial charge < -0.3 is 20.1 Å². The largest absolute Gasteiger partial charge is 0.507 e.